The Morgan fingerprint density at radius 1 is 1.00 bits per heavy atom. The monoisotopic (exact) mass is 399 g/mol. The molecule has 0 unspecified atom stereocenters. The van der Waals surface area contributed by atoms with Gasteiger partial charge in [0.2, 0.25) is 0 Å². The lowest BCUT2D eigenvalue weighted by Crippen LogP contribution is -2.35. The maximum absolute atomic E-state index is 12.9. The van der Waals surface area contributed by atoms with Crippen LogP contribution in [0.25, 0.3) is 0 Å². The number of hydrogen-bond donors (Lipinski definition) is 1. The highest BCUT2D eigenvalue weighted by atomic mass is 35.5. The van der Waals surface area contributed by atoms with Crippen LogP contribution in [0.2, 0.25) is 10.0 Å². The van der Waals surface area contributed by atoms with Crippen LogP contribution in [-0.4, -0.2) is 24.1 Å². The second kappa shape index (κ2) is 8.87. The van der Waals surface area contributed by atoms with Crippen LogP contribution < -0.4 is 10.1 Å². The fourth-order valence-electron chi connectivity index (χ4n) is 1.93. The van der Waals surface area contributed by atoms with Gasteiger partial charge in [-0.25, -0.2) is 9.18 Å². The van der Waals surface area contributed by atoms with Gasteiger partial charge in [-0.05, 0) is 50.2 Å². The molecule has 0 aliphatic carbocycles. The van der Waals surface area contributed by atoms with Crippen LogP contribution in [-0.2, 0) is 14.3 Å². The molecule has 0 aliphatic heterocycles. The molecule has 2 aromatic rings. The molecule has 138 valence electrons. The summed E-state index contributed by atoms with van der Waals surface area (Å²) in [5.41, 5.74) is 0.236. The van der Waals surface area contributed by atoms with Crippen LogP contribution in [0.5, 0.6) is 5.75 Å². The van der Waals surface area contributed by atoms with Crippen molar-refractivity contribution in [3.8, 4) is 5.75 Å². The minimum absolute atomic E-state index is 0.236. The summed E-state index contributed by atoms with van der Waals surface area (Å²) >= 11 is 12.0. The summed E-state index contributed by atoms with van der Waals surface area (Å²) in [5.74, 6) is -1.46. The highest BCUT2D eigenvalue weighted by Crippen LogP contribution is 2.30. The topological polar surface area (TPSA) is 64.6 Å². The molecule has 26 heavy (non-hydrogen) atoms. The molecule has 0 aromatic heterocycles. The molecule has 0 saturated carbocycles. The molecule has 0 saturated heterocycles. The first-order valence-electron chi connectivity index (χ1n) is 7.65. The van der Waals surface area contributed by atoms with E-state index < -0.39 is 29.9 Å². The zero-order valence-electron chi connectivity index (χ0n) is 14.0. The van der Waals surface area contributed by atoms with E-state index in [1.165, 1.54) is 38.1 Å². The maximum atomic E-state index is 12.9. The number of carbonyl (C=O) groups is 2. The lowest BCUT2D eigenvalue weighted by atomic mass is 10.3. The number of benzene rings is 2. The molecular formula is C18H16Cl2FNO4. The van der Waals surface area contributed by atoms with Gasteiger partial charge in [-0.1, -0.05) is 29.3 Å². The summed E-state index contributed by atoms with van der Waals surface area (Å²) in [4.78, 5) is 24.2. The summed E-state index contributed by atoms with van der Waals surface area (Å²) in [6.45, 7) is 2.86. The van der Waals surface area contributed by atoms with Crippen molar-refractivity contribution in [1.82, 2.24) is 0 Å². The first-order chi connectivity index (χ1) is 12.3. The third-order valence-electron chi connectivity index (χ3n) is 3.33. The number of ether oxygens (including phenoxy) is 2. The Balaban J connectivity index is 1.93. The van der Waals surface area contributed by atoms with Gasteiger partial charge >= 0.3 is 5.97 Å². The van der Waals surface area contributed by atoms with Crippen molar-refractivity contribution >= 4 is 40.8 Å². The van der Waals surface area contributed by atoms with Crippen molar-refractivity contribution in [3.63, 3.8) is 0 Å². The predicted molar refractivity (Wildman–Crippen MR) is 97.1 cm³/mol. The fraction of sp³-hybridized carbons (Fsp3) is 0.222. The standard InChI is InChI=1S/C18H16Cl2FNO4/c1-10(17(23)22-16-14(19)4-3-5-15(16)20)26-18(24)11(2)25-13-8-6-12(21)7-9-13/h3-11H,1-2H3,(H,22,23)/t10-,11-/m0/s1. The number of rotatable bonds is 6. The summed E-state index contributed by atoms with van der Waals surface area (Å²) in [6, 6.07) is 9.95. The van der Waals surface area contributed by atoms with Crippen molar-refractivity contribution in [1.29, 1.82) is 0 Å². The number of esters is 1. The van der Waals surface area contributed by atoms with E-state index in [0.717, 1.165) is 0 Å². The molecule has 0 fully saturated rings. The second-order valence-electron chi connectivity index (χ2n) is 5.38. The largest absolute Gasteiger partial charge is 0.479 e. The third-order valence-corrected chi connectivity index (χ3v) is 3.96. The average molecular weight is 400 g/mol. The zero-order chi connectivity index (χ0) is 19.3. The summed E-state index contributed by atoms with van der Waals surface area (Å²) in [6.07, 6.45) is -2.09. The Morgan fingerprint density at radius 2 is 1.58 bits per heavy atom. The van der Waals surface area contributed by atoms with Crippen molar-refractivity contribution in [3.05, 3.63) is 58.3 Å². The minimum Gasteiger partial charge on any atom is -0.479 e. The summed E-state index contributed by atoms with van der Waals surface area (Å²) < 4.78 is 23.3. The lowest BCUT2D eigenvalue weighted by molar-refractivity contribution is -0.159. The molecule has 5 nitrogen and oxygen atoms in total. The van der Waals surface area contributed by atoms with Crippen LogP contribution in [0.4, 0.5) is 10.1 Å². The number of hydrogen-bond acceptors (Lipinski definition) is 4. The average Bonchev–Trinajstić information content (AvgIpc) is 2.59. The molecule has 8 heteroatoms. The Hall–Kier alpha value is -2.31. The zero-order valence-corrected chi connectivity index (χ0v) is 15.5. The molecule has 2 aromatic carbocycles. The van der Waals surface area contributed by atoms with Gasteiger partial charge in [-0.3, -0.25) is 4.79 Å². The number of amides is 1. The predicted octanol–water partition coefficient (Wildman–Crippen LogP) is 4.47. The smallest absolute Gasteiger partial charge is 0.347 e. The van der Waals surface area contributed by atoms with E-state index in [9.17, 15) is 14.0 Å². The van der Waals surface area contributed by atoms with E-state index in [2.05, 4.69) is 5.32 Å². The van der Waals surface area contributed by atoms with Crippen LogP contribution in [0.1, 0.15) is 13.8 Å². The van der Waals surface area contributed by atoms with Crippen LogP contribution >= 0.6 is 23.2 Å². The van der Waals surface area contributed by atoms with Crippen LogP contribution in [0.15, 0.2) is 42.5 Å². The number of halogens is 3. The molecule has 2 rings (SSSR count). The fourth-order valence-corrected chi connectivity index (χ4v) is 2.42. The van der Waals surface area contributed by atoms with Gasteiger partial charge in [-0.2, -0.15) is 0 Å². The number of carbonyl (C=O) groups excluding carboxylic acids is 2. The maximum Gasteiger partial charge on any atom is 0.347 e. The van der Waals surface area contributed by atoms with Gasteiger partial charge in [0.05, 0.1) is 15.7 Å². The van der Waals surface area contributed by atoms with Gasteiger partial charge in [0.15, 0.2) is 12.2 Å². The van der Waals surface area contributed by atoms with Gasteiger partial charge in [-0.15, -0.1) is 0 Å². The van der Waals surface area contributed by atoms with E-state index >= 15 is 0 Å². The van der Waals surface area contributed by atoms with E-state index in [1.54, 1.807) is 18.2 Å². The molecule has 2 atom stereocenters. The Labute approximate surface area is 160 Å². The quantitative estimate of drug-likeness (QED) is 0.727. The van der Waals surface area contributed by atoms with Crippen LogP contribution in [0.3, 0.4) is 0 Å². The van der Waals surface area contributed by atoms with Crippen molar-refractivity contribution in [2.45, 2.75) is 26.1 Å². The highest BCUT2D eigenvalue weighted by Gasteiger charge is 2.24. The van der Waals surface area contributed by atoms with Crippen molar-refractivity contribution < 1.29 is 23.5 Å². The van der Waals surface area contributed by atoms with Gasteiger partial charge < -0.3 is 14.8 Å². The molecule has 0 radical (unpaired) electrons. The normalized spacial score (nSPS) is 12.8. The van der Waals surface area contributed by atoms with E-state index in [1.807, 2.05) is 0 Å². The highest BCUT2D eigenvalue weighted by molar-refractivity contribution is 6.39. The molecule has 0 heterocycles. The second-order valence-corrected chi connectivity index (χ2v) is 6.19. The molecule has 0 aliphatic rings. The SMILES string of the molecule is C[C@H](OC(=O)[C@H](C)Oc1ccc(F)cc1)C(=O)Nc1c(Cl)cccc1Cl. The Morgan fingerprint density at radius 3 is 2.15 bits per heavy atom. The third kappa shape index (κ3) is 5.34. The van der Waals surface area contributed by atoms with Gasteiger partial charge in [0.1, 0.15) is 11.6 Å². The lowest BCUT2D eigenvalue weighted by Gasteiger charge is -2.18. The molecule has 1 amide bonds. The Bertz CT molecular complexity index is 778. The number of anilines is 1. The Kier molecular flexibility index (Phi) is 6.83. The number of nitrogens with one attached hydrogen (secondary N) is 1. The first kappa shape index (κ1) is 20.0. The van der Waals surface area contributed by atoms with E-state index in [4.69, 9.17) is 32.7 Å². The molecular weight excluding hydrogens is 384 g/mol. The van der Waals surface area contributed by atoms with E-state index in [-0.39, 0.29) is 15.7 Å². The minimum atomic E-state index is -1.10. The molecule has 0 bridgehead atoms. The van der Waals surface area contributed by atoms with Crippen LogP contribution in [0, 0.1) is 5.82 Å². The van der Waals surface area contributed by atoms with Gasteiger partial charge in [0.25, 0.3) is 5.91 Å². The van der Waals surface area contributed by atoms with Crippen molar-refractivity contribution in [2.24, 2.45) is 0 Å². The first-order valence-corrected chi connectivity index (χ1v) is 8.41. The summed E-state index contributed by atoms with van der Waals surface area (Å²) in [5, 5.41) is 3.04. The summed E-state index contributed by atoms with van der Waals surface area (Å²) in [7, 11) is 0. The molecule has 0 spiro atoms. The van der Waals surface area contributed by atoms with Crippen molar-refractivity contribution in [2.75, 3.05) is 5.32 Å². The van der Waals surface area contributed by atoms with E-state index in [0.29, 0.717) is 5.75 Å². The van der Waals surface area contributed by atoms with Gasteiger partial charge in [0, 0.05) is 0 Å². The molecule has 1 N–H and O–H groups in total. The number of para-hydroxylation sites is 1.